The first kappa shape index (κ1) is 14.1. The molecule has 2 atom stereocenters. The van der Waals surface area contributed by atoms with E-state index in [0.29, 0.717) is 17.7 Å². The molecule has 1 aromatic heterocycles. The third-order valence-electron chi connectivity index (χ3n) is 3.93. The van der Waals surface area contributed by atoms with Gasteiger partial charge < -0.3 is 14.6 Å². The van der Waals surface area contributed by atoms with Crippen molar-refractivity contribution in [2.24, 2.45) is 5.92 Å². The van der Waals surface area contributed by atoms with Crippen LogP contribution >= 0.6 is 0 Å². The lowest BCUT2D eigenvalue weighted by Crippen LogP contribution is -2.51. The van der Waals surface area contributed by atoms with Crippen LogP contribution in [0.3, 0.4) is 0 Å². The lowest BCUT2D eigenvalue weighted by atomic mass is 9.89. The van der Waals surface area contributed by atoms with E-state index in [9.17, 15) is 4.79 Å². The van der Waals surface area contributed by atoms with Crippen LogP contribution in [0.25, 0.3) is 0 Å². The van der Waals surface area contributed by atoms with Crippen LogP contribution in [0.4, 0.5) is 0 Å². The number of hydrogen-bond acceptors (Lipinski definition) is 3. The second-order valence-corrected chi connectivity index (χ2v) is 5.25. The highest BCUT2D eigenvalue weighted by Crippen LogP contribution is 2.22. The molecule has 4 nitrogen and oxygen atoms in total. The number of piperidine rings is 1. The summed E-state index contributed by atoms with van der Waals surface area (Å²) in [4.78, 5) is 14.2. The second-order valence-electron chi connectivity index (χ2n) is 5.25. The van der Waals surface area contributed by atoms with Crippen molar-refractivity contribution in [2.45, 2.75) is 39.2 Å². The molecule has 19 heavy (non-hydrogen) atoms. The topological polar surface area (TPSA) is 45.5 Å². The fraction of sp³-hybridized carbons (Fsp3) is 0.667. The molecule has 1 fully saturated rings. The number of rotatable bonds is 5. The first-order valence-electron chi connectivity index (χ1n) is 7.32. The Kier molecular flexibility index (Phi) is 5.02. The Morgan fingerprint density at radius 2 is 2.37 bits per heavy atom. The fourth-order valence-electron chi connectivity index (χ4n) is 2.78. The van der Waals surface area contributed by atoms with E-state index in [4.69, 9.17) is 4.42 Å². The number of likely N-dealkylation sites (tertiary alicyclic amines) is 1. The number of hydrogen-bond donors (Lipinski definition) is 1. The summed E-state index contributed by atoms with van der Waals surface area (Å²) in [6, 6.07) is 4.05. The van der Waals surface area contributed by atoms with Gasteiger partial charge in [-0.3, -0.25) is 4.79 Å². The first-order valence-corrected chi connectivity index (χ1v) is 7.32. The Morgan fingerprint density at radius 1 is 1.53 bits per heavy atom. The average Bonchev–Trinajstić information content (AvgIpc) is 2.98. The maximum absolute atomic E-state index is 12.3. The molecule has 106 valence electrons. The number of nitrogens with zero attached hydrogens (tertiary/aromatic N) is 1. The zero-order valence-electron chi connectivity index (χ0n) is 11.9. The molecular formula is C15H24N2O2. The molecule has 0 aliphatic carbocycles. The smallest absolute Gasteiger partial charge is 0.289 e. The normalized spacial score (nSPS) is 23.6. The lowest BCUT2D eigenvalue weighted by molar-refractivity contribution is 0.0595. The SMILES string of the molecule is CCCNC1CCN(C(=O)c2ccco2)CC1CC. The van der Waals surface area contributed by atoms with E-state index >= 15 is 0 Å². The van der Waals surface area contributed by atoms with Crippen molar-refractivity contribution in [3.8, 4) is 0 Å². The summed E-state index contributed by atoms with van der Waals surface area (Å²) in [7, 11) is 0. The Morgan fingerprint density at radius 3 is 3.00 bits per heavy atom. The molecule has 1 N–H and O–H groups in total. The summed E-state index contributed by atoms with van der Waals surface area (Å²) >= 11 is 0. The highest BCUT2D eigenvalue weighted by Gasteiger charge is 2.31. The minimum absolute atomic E-state index is 0.0254. The quantitative estimate of drug-likeness (QED) is 0.889. The van der Waals surface area contributed by atoms with E-state index in [0.717, 1.165) is 38.9 Å². The van der Waals surface area contributed by atoms with Gasteiger partial charge in [0, 0.05) is 19.1 Å². The molecular weight excluding hydrogens is 240 g/mol. The Hall–Kier alpha value is -1.29. The first-order chi connectivity index (χ1) is 9.26. The Labute approximate surface area is 115 Å². The highest BCUT2D eigenvalue weighted by molar-refractivity contribution is 5.91. The lowest BCUT2D eigenvalue weighted by Gasteiger charge is -2.38. The van der Waals surface area contributed by atoms with Gasteiger partial charge in [0.25, 0.3) is 5.91 Å². The molecule has 0 saturated carbocycles. The minimum atomic E-state index is 0.0254. The van der Waals surface area contributed by atoms with E-state index in [2.05, 4.69) is 19.2 Å². The molecule has 0 bridgehead atoms. The van der Waals surface area contributed by atoms with Gasteiger partial charge in [-0.25, -0.2) is 0 Å². The van der Waals surface area contributed by atoms with Crippen molar-refractivity contribution in [3.05, 3.63) is 24.2 Å². The molecule has 4 heteroatoms. The van der Waals surface area contributed by atoms with E-state index in [1.165, 1.54) is 0 Å². The molecule has 2 heterocycles. The van der Waals surface area contributed by atoms with Crippen LogP contribution < -0.4 is 5.32 Å². The van der Waals surface area contributed by atoms with E-state index in [1.807, 2.05) is 4.90 Å². The molecule has 0 spiro atoms. The van der Waals surface area contributed by atoms with Crippen LogP contribution in [-0.2, 0) is 0 Å². The molecule has 2 rings (SSSR count). The van der Waals surface area contributed by atoms with Crippen LogP contribution in [0.5, 0.6) is 0 Å². The van der Waals surface area contributed by atoms with E-state index in [-0.39, 0.29) is 5.91 Å². The summed E-state index contributed by atoms with van der Waals surface area (Å²) in [5, 5.41) is 3.61. The van der Waals surface area contributed by atoms with Gasteiger partial charge in [-0.05, 0) is 37.4 Å². The predicted octanol–water partition coefficient (Wildman–Crippen LogP) is 2.52. The Balaban J connectivity index is 1.94. The van der Waals surface area contributed by atoms with Crippen molar-refractivity contribution < 1.29 is 9.21 Å². The van der Waals surface area contributed by atoms with Gasteiger partial charge in [0.05, 0.1) is 6.26 Å². The van der Waals surface area contributed by atoms with Gasteiger partial charge >= 0.3 is 0 Å². The number of furan rings is 1. The van der Waals surface area contributed by atoms with Gasteiger partial charge in [0.2, 0.25) is 0 Å². The maximum Gasteiger partial charge on any atom is 0.289 e. The number of nitrogens with one attached hydrogen (secondary N) is 1. The molecule has 1 aliphatic rings. The fourth-order valence-corrected chi connectivity index (χ4v) is 2.78. The molecule has 2 unspecified atom stereocenters. The van der Waals surface area contributed by atoms with Crippen LogP contribution in [0.2, 0.25) is 0 Å². The van der Waals surface area contributed by atoms with E-state index < -0.39 is 0 Å². The van der Waals surface area contributed by atoms with Crippen molar-refractivity contribution in [1.29, 1.82) is 0 Å². The van der Waals surface area contributed by atoms with Gasteiger partial charge in [0.15, 0.2) is 5.76 Å². The standard InChI is InChI=1S/C15H24N2O2/c1-3-8-16-13-7-9-17(11-12(13)4-2)15(18)14-6-5-10-19-14/h5-6,10,12-13,16H,3-4,7-9,11H2,1-2H3. The number of amides is 1. The molecule has 0 radical (unpaired) electrons. The van der Waals surface area contributed by atoms with Crippen LogP contribution in [0.15, 0.2) is 22.8 Å². The highest BCUT2D eigenvalue weighted by atomic mass is 16.3. The van der Waals surface area contributed by atoms with Crippen LogP contribution in [0.1, 0.15) is 43.7 Å². The molecule has 0 aromatic carbocycles. The zero-order chi connectivity index (χ0) is 13.7. The van der Waals surface area contributed by atoms with Gasteiger partial charge in [-0.15, -0.1) is 0 Å². The summed E-state index contributed by atoms with van der Waals surface area (Å²) < 4.78 is 5.20. The summed E-state index contributed by atoms with van der Waals surface area (Å²) in [6.07, 6.45) is 4.84. The largest absolute Gasteiger partial charge is 0.459 e. The molecule has 1 saturated heterocycles. The summed E-state index contributed by atoms with van der Waals surface area (Å²) in [5.74, 6) is 1.02. The van der Waals surface area contributed by atoms with Gasteiger partial charge in [0.1, 0.15) is 0 Å². The van der Waals surface area contributed by atoms with Crippen molar-refractivity contribution in [3.63, 3.8) is 0 Å². The van der Waals surface area contributed by atoms with Crippen molar-refractivity contribution in [1.82, 2.24) is 10.2 Å². The zero-order valence-corrected chi connectivity index (χ0v) is 11.9. The summed E-state index contributed by atoms with van der Waals surface area (Å²) in [6.45, 7) is 7.10. The predicted molar refractivity (Wildman–Crippen MR) is 75.1 cm³/mol. The maximum atomic E-state index is 12.3. The molecule has 1 aromatic rings. The monoisotopic (exact) mass is 264 g/mol. The summed E-state index contributed by atoms with van der Waals surface area (Å²) in [5.41, 5.74) is 0. The molecule has 1 amide bonds. The number of carbonyl (C=O) groups is 1. The number of carbonyl (C=O) groups excluding carboxylic acids is 1. The third kappa shape index (κ3) is 3.38. The van der Waals surface area contributed by atoms with Gasteiger partial charge in [-0.2, -0.15) is 0 Å². The van der Waals surface area contributed by atoms with Crippen molar-refractivity contribution in [2.75, 3.05) is 19.6 Å². The minimum Gasteiger partial charge on any atom is -0.459 e. The van der Waals surface area contributed by atoms with Crippen LogP contribution in [-0.4, -0.2) is 36.5 Å². The second kappa shape index (κ2) is 6.75. The third-order valence-corrected chi connectivity index (χ3v) is 3.93. The molecule has 1 aliphatic heterocycles. The Bertz CT molecular complexity index is 389. The van der Waals surface area contributed by atoms with Crippen LogP contribution in [0, 0.1) is 5.92 Å². The average molecular weight is 264 g/mol. The van der Waals surface area contributed by atoms with E-state index in [1.54, 1.807) is 18.4 Å². The van der Waals surface area contributed by atoms with Gasteiger partial charge in [-0.1, -0.05) is 20.3 Å². The van der Waals surface area contributed by atoms with Crippen molar-refractivity contribution >= 4 is 5.91 Å².